The summed E-state index contributed by atoms with van der Waals surface area (Å²) in [6.45, 7) is 4.87. The van der Waals surface area contributed by atoms with E-state index in [0.29, 0.717) is 13.1 Å². The van der Waals surface area contributed by atoms with Crippen molar-refractivity contribution in [2.75, 3.05) is 39.3 Å². The highest BCUT2D eigenvalue weighted by atomic mass is 32.2. The number of hydrogen-bond acceptors (Lipinski definition) is 4. The average Bonchev–Trinajstić information content (AvgIpc) is 3.10. The summed E-state index contributed by atoms with van der Waals surface area (Å²) in [5.41, 5.74) is 0. The maximum absolute atomic E-state index is 13.1. The largest absolute Gasteiger partial charge is 0.315 e. The van der Waals surface area contributed by atoms with Gasteiger partial charge in [-0.3, -0.25) is 0 Å². The molecule has 2 aliphatic heterocycles. The molecule has 24 heavy (non-hydrogen) atoms. The van der Waals surface area contributed by atoms with Gasteiger partial charge in [-0.25, -0.2) is 12.8 Å². The third-order valence-electron chi connectivity index (χ3n) is 4.95. The first-order valence-corrected chi connectivity index (χ1v) is 10.2. The van der Waals surface area contributed by atoms with Crippen molar-refractivity contribution < 1.29 is 12.8 Å². The van der Waals surface area contributed by atoms with Crippen LogP contribution in [0.4, 0.5) is 4.39 Å². The Morgan fingerprint density at radius 2 is 1.88 bits per heavy atom. The zero-order valence-electron chi connectivity index (χ0n) is 14.0. The number of nitrogens with one attached hydrogen (secondary N) is 1. The summed E-state index contributed by atoms with van der Waals surface area (Å²) in [7, 11) is -3.60. The van der Waals surface area contributed by atoms with Gasteiger partial charge in [-0.2, -0.15) is 4.31 Å². The van der Waals surface area contributed by atoms with Crippen molar-refractivity contribution in [3.05, 3.63) is 30.1 Å². The van der Waals surface area contributed by atoms with Crippen LogP contribution in [-0.4, -0.2) is 62.9 Å². The molecule has 134 valence electrons. The monoisotopic (exact) mass is 355 g/mol. The Labute approximate surface area is 143 Å². The Kier molecular flexibility index (Phi) is 5.86. The second kappa shape index (κ2) is 7.91. The van der Waals surface area contributed by atoms with Crippen molar-refractivity contribution in [1.82, 2.24) is 14.5 Å². The molecule has 2 fully saturated rings. The van der Waals surface area contributed by atoms with Gasteiger partial charge in [0.05, 0.1) is 4.90 Å². The smallest absolute Gasteiger partial charge is 0.243 e. The van der Waals surface area contributed by atoms with Gasteiger partial charge in [0, 0.05) is 25.7 Å². The van der Waals surface area contributed by atoms with Crippen LogP contribution in [0.3, 0.4) is 0 Å². The van der Waals surface area contributed by atoms with E-state index in [9.17, 15) is 12.8 Å². The summed E-state index contributed by atoms with van der Waals surface area (Å²) < 4.78 is 40.9. The molecule has 2 heterocycles. The quantitative estimate of drug-likeness (QED) is 0.843. The van der Waals surface area contributed by atoms with E-state index in [0.717, 1.165) is 32.6 Å². The molecule has 2 saturated heterocycles. The Bertz CT molecular complexity index is 624. The predicted molar refractivity (Wildman–Crippen MR) is 91.9 cm³/mol. The molecule has 1 atom stereocenters. The van der Waals surface area contributed by atoms with Crippen molar-refractivity contribution in [2.24, 2.45) is 0 Å². The van der Waals surface area contributed by atoms with E-state index in [2.05, 4.69) is 10.2 Å². The van der Waals surface area contributed by atoms with Crippen LogP contribution in [0.1, 0.15) is 25.7 Å². The Morgan fingerprint density at radius 1 is 1.17 bits per heavy atom. The summed E-state index contributed by atoms with van der Waals surface area (Å²) >= 11 is 0. The van der Waals surface area contributed by atoms with E-state index < -0.39 is 15.8 Å². The van der Waals surface area contributed by atoms with Gasteiger partial charge < -0.3 is 10.2 Å². The molecule has 3 rings (SSSR count). The maximum atomic E-state index is 13.1. The lowest BCUT2D eigenvalue weighted by atomic mass is 10.1. The molecule has 2 aliphatic rings. The maximum Gasteiger partial charge on any atom is 0.243 e. The zero-order chi connectivity index (χ0) is 17.0. The number of halogens is 1. The number of nitrogens with zero attached hydrogens (tertiary/aromatic N) is 2. The van der Waals surface area contributed by atoms with Gasteiger partial charge in [0.1, 0.15) is 5.82 Å². The number of benzene rings is 1. The average molecular weight is 355 g/mol. The van der Waals surface area contributed by atoms with Crippen molar-refractivity contribution >= 4 is 10.0 Å². The van der Waals surface area contributed by atoms with E-state index in [1.54, 1.807) is 4.31 Å². The normalized spacial score (nSPS) is 23.0. The van der Waals surface area contributed by atoms with Crippen LogP contribution in [0.5, 0.6) is 0 Å². The van der Waals surface area contributed by atoms with Crippen molar-refractivity contribution in [1.29, 1.82) is 0 Å². The molecular weight excluding hydrogens is 329 g/mol. The van der Waals surface area contributed by atoms with E-state index in [-0.39, 0.29) is 10.9 Å². The van der Waals surface area contributed by atoms with Crippen LogP contribution in [0.2, 0.25) is 0 Å². The Hall–Kier alpha value is -1.02. The first-order valence-electron chi connectivity index (χ1n) is 8.78. The highest BCUT2D eigenvalue weighted by Gasteiger charge is 2.33. The molecule has 1 aromatic carbocycles. The molecule has 0 aliphatic carbocycles. The fourth-order valence-electron chi connectivity index (χ4n) is 3.55. The lowest BCUT2D eigenvalue weighted by Gasteiger charge is -2.32. The third-order valence-corrected chi connectivity index (χ3v) is 6.91. The summed E-state index contributed by atoms with van der Waals surface area (Å²) in [6, 6.07) is 5.12. The lowest BCUT2D eigenvalue weighted by molar-refractivity contribution is 0.202. The molecule has 0 aromatic heterocycles. The molecule has 1 N–H and O–H groups in total. The van der Waals surface area contributed by atoms with Crippen molar-refractivity contribution in [3.8, 4) is 0 Å². The van der Waals surface area contributed by atoms with Crippen LogP contribution in [0, 0.1) is 5.82 Å². The standard InChI is InChI=1S/C17H26FN3O2S/c18-15-4-6-17(7-5-15)24(22,23)21(16-8-9-19-14-16)13-12-20-10-2-1-3-11-20/h4-7,16,19H,1-3,8-14H2. The van der Waals surface area contributed by atoms with E-state index in [1.165, 1.54) is 43.5 Å². The SMILES string of the molecule is O=S(=O)(c1ccc(F)cc1)N(CCN1CCCCC1)C1CCNC1. The zero-order valence-corrected chi connectivity index (χ0v) is 14.8. The fraction of sp³-hybridized carbons (Fsp3) is 0.647. The van der Waals surface area contributed by atoms with E-state index >= 15 is 0 Å². The second-order valence-corrected chi connectivity index (χ2v) is 8.51. The van der Waals surface area contributed by atoms with Gasteiger partial charge in [0.2, 0.25) is 10.0 Å². The Balaban J connectivity index is 1.76. The van der Waals surface area contributed by atoms with Crippen LogP contribution in [-0.2, 0) is 10.0 Å². The number of rotatable bonds is 6. The number of likely N-dealkylation sites (tertiary alicyclic amines) is 1. The van der Waals surface area contributed by atoms with Gasteiger partial charge in [-0.15, -0.1) is 0 Å². The number of hydrogen-bond donors (Lipinski definition) is 1. The minimum atomic E-state index is -3.60. The Morgan fingerprint density at radius 3 is 2.50 bits per heavy atom. The molecule has 0 amide bonds. The van der Waals surface area contributed by atoms with Gasteiger partial charge in [0.15, 0.2) is 0 Å². The van der Waals surface area contributed by atoms with Gasteiger partial charge >= 0.3 is 0 Å². The lowest BCUT2D eigenvalue weighted by Crippen LogP contribution is -2.46. The summed E-state index contributed by atoms with van der Waals surface area (Å²) in [5.74, 6) is -0.420. The van der Waals surface area contributed by atoms with E-state index in [1.807, 2.05) is 0 Å². The molecule has 1 unspecified atom stereocenters. The van der Waals surface area contributed by atoms with Crippen LogP contribution < -0.4 is 5.32 Å². The van der Waals surface area contributed by atoms with Gasteiger partial charge in [-0.05, 0) is 63.2 Å². The highest BCUT2D eigenvalue weighted by Crippen LogP contribution is 2.22. The van der Waals surface area contributed by atoms with Crippen LogP contribution >= 0.6 is 0 Å². The minimum Gasteiger partial charge on any atom is -0.315 e. The minimum absolute atomic E-state index is 0.0233. The first-order chi connectivity index (χ1) is 11.6. The van der Waals surface area contributed by atoms with Gasteiger partial charge in [-0.1, -0.05) is 6.42 Å². The van der Waals surface area contributed by atoms with Crippen molar-refractivity contribution in [3.63, 3.8) is 0 Å². The molecule has 0 saturated carbocycles. The summed E-state index contributed by atoms with van der Waals surface area (Å²) in [6.07, 6.45) is 4.46. The summed E-state index contributed by atoms with van der Waals surface area (Å²) in [4.78, 5) is 2.52. The molecule has 0 spiro atoms. The first kappa shape index (κ1) is 17.8. The third kappa shape index (κ3) is 4.14. The molecule has 7 heteroatoms. The highest BCUT2D eigenvalue weighted by molar-refractivity contribution is 7.89. The molecule has 1 aromatic rings. The predicted octanol–water partition coefficient (Wildman–Crippen LogP) is 1.66. The molecule has 5 nitrogen and oxygen atoms in total. The van der Waals surface area contributed by atoms with Gasteiger partial charge in [0.25, 0.3) is 0 Å². The summed E-state index contributed by atoms with van der Waals surface area (Å²) in [5, 5.41) is 3.24. The fourth-order valence-corrected chi connectivity index (χ4v) is 5.19. The van der Waals surface area contributed by atoms with Crippen LogP contribution in [0.15, 0.2) is 29.2 Å². The number of piperidine rings is 1. The topological polar surface area (TPSA) is 52.7 Å². The van der Waals surface area contributed by atoms with Crippen molar-refractivity contribution in [2.45, 2.75) is 36.6 Å². The molecule has 0 bridgehead atoms. The molecule has 0 radical (unpaired) electrons. The van der Waals surface area contributed by atoms with Crippen LogP contribution in [0.25, 0.3) is 0 Å². The second-order valence-electron chi connectivity index (χ2n) is 6.62. The van der Waals surface area contributed by atoms with E-state index in [4.69, 9.17) is 0 Å². The number of sulfonamides is 1. The molecular formula is C17H26FN3O2S.